The molecule has 3 aromatic rings. The highest BCUT2D eigenvalue weighted by molar-refractivity contribution is 5.61. The van der Waals surface area contributed by atoms with Gasteiger partial charge in [-0.05, 0) is 86.3 Å². The molecule has 1 unspecified atom stereocenters. The van der Waals surface area contributed by atoms with Crippen LogP contribution in [0.5, 0.6) is 5.75 Å². The second-order valence-electron chi connectivity index (χ2n) is 7.75. The van der Waals surface area contributed by atoms with Crippen molar-refractivity contribution in [3.8, 4) is 17.0 Å². The van der Waals surface area contributed by atoms with Crippen molar-refractivity contribution in [3.63, 3.8) is 0 Å². The SMILES string of the molecule is CC(C)Oc1ccc(-c2cc(C3CCN(Cc4cccnc4)C3)ccn2)cc1. The minimum absolute atomic E-state index is 0.185. The lowest BCUT2D eigenvalue weighted by atomic mass is 9.97. The van der Waals surface area contributed by atoms with E-state index in [2.05, 4.69) is 45.2 Å². The highest BCUT2D eigenvalue weighted by atomic mass is 16.5. The van der Waals surface area contributed by atoms with Gasteiger partial charge in [0.1, 0.15) is 5.75 Å². The van der Waals surface area contributed by atoms with E-state index in [-0.39, 0.29) is 6.10 Å². The molecular weight excluding hydrogens is 346 g/mol. The number of nitrogens with zero attached hydrogens (tertiary/aromatic N) is 3. The Kier molecular flexibility index (Phi) is 5.68. The van der Waals surface area contributed by atoms with Gasteiger partial charge in [-0.2, -0.15) is 0 Å². The number of aromatic nitrogens is 2. The van der Waals surface area contributed by atoms with Crippen molar-refractivity contribution in [3.05, 3.63) is 78.2 Å². The first-order chi connectivity index (χ1) is 13.7. The number of rotatable bonds is 6. The maximum Gasteiger partial charge on any atom is 0.119 e. The third-order valence-electron chi connectivity index (χ3n) is 5.18. The number of ether oxygens (including phenoxy) is 1. The minimum atomic E-state index is 0.185. The standard InChI is InChI=1S/C24H27N3O/c1-18(2)28-23-7-5-20(6-8-23)24-14-21(9-12-26-24)22-10-13-27(17-22)16-19-4-3-11-25-15-19/h3-9,11-12,14-15,18,22H,10,13,16-17H2,1-2H3. The Morgan fingerprint density at radius 1 is 1.11 bits per heavy atom. The van der Waals surface area contributed by atoms with Crippen molar-refractivity contribution in [1.29, 1.82) is 0 Å². The maximum atomic E-state index is 5.74. The van der Waals surface area contributed by atoms with Crippen LogP contribution in [0.25, 0.3) is 11.3 Å². The van der Waals surface area contributed by atoms with Gasteiger partial charge in [-0.3, -0.25) is 14.9 Å². The quantitative estimate of drug-likeness (QED) is 0.615. The fraction of sp³-hybridized carbons (Fsp3) is 0.333. The van der Waals surface area contributed by atoms with Gasteiger partial charge in [0.15, 0.2) is 0 Å². The minimum Gasteiger partial charge on any atom is -0.491 e. The molecule has 1 saturated heterocycles. The molecule has 4 heteroatoms. The summed E-state index contributed by atoms with van der Waals surface area (Å²) in [6, 6.07) is 16.8. The van der Waals surface area contributed by atoms with E-state index in [1.54, 1.807) is 0 Å². The van der Waals surface area contributed by atoms with Gasteiger partial charge in [0, 0.05) is 37.2 Å². The average Bonchev–Trinajstić information content (AvgIpc) is 3.17. The van der Waals surface area contributed by atoms with E-state index >= 15 is 0 Å². The highest BCUT2D eigenvalue weighted by Gasteiger charge is 2.24. The Morgan fingerprint density at radius 2 is 1.96 bits per heavy atom. The zero-order valence-electron chi connectivity index (χ0n) is 16.6. The summed E-state index contributed by atoms with van der Waals surface area (Å²) in [6.07, 6.45) is 7.10. The second-order valence-corrected chi connectivity index (χ2v) is 7.75. The summed E-state index contributed by atoms with van der Waals surface area (Å²) in [5.41, 5.74) is 4.81. The van der Waals surface area contributed by atoms with Crippen molar-refractivity contribution in [2.45, 2.75) is 38.8 Å². The van der Waals surface area contributed by atoms with Crippen molar-refractivity contribution in [2.75, 3.05) is 13.1 Å². The molecule has 0 amide bonds. The lowest BCUT2D eigenvalue weighted by Gasteiger charge is -2.16. The topological polar surface area (TPSA) is 38.2 Å². The van der Waals surface area contributed by atoms with Crippen molar-refractivity contribution < 1.29 is 4.74 Å². The molecule has 0 aliphatic carbocycles. The summed E-state index contributed by atoms with van der Waals surface area (Å²) in [7, 11) is 0. The van der Waals surface area contributed by atoms with Crippen LogP contribution in [0.4, 0.5) is 0 Å². The number of pyridine rings is 2. The summed E-state index contributed by atoms with van der Waals surface area (Å²) in [6.45, 7) is 7.26. The third-order valence-corrected chi connectivity index (χ3v) is 5.18. The summed E-state index contributed by atoms with van der Waals surface area (Å²) in [5, 5.41) is 0. The lowest BCUT2D eigenvalue weighted by molar-refractivity contribution is 0.242. The van der Waals surface area contributed by atoms with Crippen LogP contribution in [-0.4, -0.2) is 34.1 Å². The first kappa shape index (κ1) is 18.6. The van der Waals surface area contributed by atoms with E-state index in [9.17, 15) is 0 Å². The van der Waals surface area contributed by atoms with Crippen LogP contribution < -0.4 is 4.74 Å². The predicted octanol–water partition coefficient (Wildman–Crippen LogP) is 4.92. The zero-order chi connectivity index (χ0) is 19.3. The molecule has 28 heavy (non-hydrogen) atoms. The maximum absolute atomic E-state index is 5.74. The summed E-state index contributed by atoms with van der Waals surface area (Å²) < 4.78 is 5.74. The van der Waals surface area contributed by atoms with Gasteiger partial charge in [-0.25, -0.2) is 0 Å². The Hall–Kier alpha value is -2.72. The first-order valence-corrected chi connectivity index (χ1v) is 10.0. The molecule has 1 fully saturated rings. The van der Waals surface area contributed by atoms with E-state index < -0.39 is 0 Å². The number of hydrogen-bond donors (Lipinski definition) is 0. The van der Waals surface area contributed by atoms with Crippen LogP contribution in [0.1, 0.15) is 37.3 Å². The number of benzene rings is 1. The summed E-state index contributed by atoms with van der Waals surface area (Å²) in [5.74, 6) is 1.46. The van der Waals surface area contributed by atoms with Gasteiger partial charge in [-0.1, -0.05) is 6.07 Å². The van der Waals surface area contributed by atoms with E-state index in [4.69, 9.17) is 4.74 Å². The van der Waals surface area contributed by atoms with Crippen LogP contribution in [0.2, 0.25) is 0 Å². The molecule has 0 saturated carbocycles. The normalized spacial score (nSPS) is 17.2. The molecule has 0 N–H and O–H groups in total. The van der Waals surface area contributed by atoms with E-state index in [1.807, 2.05) is 50.6 Å². The molecule has 0 radical (unpaired) electrons. The van der Waals surface area contributed by atoms with Gasteiger partial charge >= 0.3 is 0 Å². The van der Waals surface area contributed by atoms with E-state index in [0.29, 0.717) is 5.92 Å². The van der Waals surface area contributed by atoms with E-state index in [1.165, 1.54) is 17.5 Å². The third kappa shape index (κ3) is 4.57. The number of likely N-dealkylation sites (tertiary alicyclic amines) is 1. The van der Waals surface area contributed by atoms with Crippen LogP contribution in [0.15, 0.2) is 67.1 Å². The zero-order valence-corrected chi connectivity index (χ0v) is 16.6. The van der Waals surface area contributed by atoms with Crippen molar-refractivity contribution in [2.24, 2.45) is 0 Å². The van der Waals surface area contributed by atoms with Crippen LogP contribution >= 0.6 is 0 Å². The molecule has 2 aromatic heterocycles. The molecular formula is C24H27N3O. The van der Waals surface area contributed by atoms with Gasteiger partial charge in [0.2, 0.25) is 0 Å². The predicted molar refractivity (Wildman–Crippen MR) is 112 cm³/mol. The van der Waals surface area contributed by atoms with E-state index in [0.717, 1.165) is 36.6 Å². The lowest BCUT2D eigenvalue weighted by Crippen LogP contribution is -2.19. The first-order valence-electron chi connectivity index (χ1n) is 10.0. The molecule has 0 bridgehead atoms. The fourth-order valence-corrected chi connectivity index (χ4v) is 3.83. The van der Waals surface area contributed by atoms with Gasteiger partial charge < -0.3 is 4.74 Å². The molecule has 4 nitrogen and oxygen atoms in total. The summed E-state index contributed by atoms with van der Waals surface area (Å²) >= 11 is 0. The molecule has 1 atom stereocenters. The summed E-state index contributed by atoms with van der Waals surface area (Å²) in [4.78, 5) is 11.3. The molecule has 0 spiro atoms. The molecule has 1 aliphatic rings. The molecule has 4 rings (SSSR count). The van der Waals surface area contributed by atoms with Gasteiger partial charge in [0.05, 0.1) is 11.8 Å². The Balaban J connectivity index is 1.44. The van der Waals surface area contributed by atoms with Crippen LogP contribution in [0, 0.1) is 0 Å². The van der Waals surface area contributed by atoms with Crippen molar-refractivity contribution >= 4 is 0 Å². The Morgan fingerprint density at radius 3 is 2.71 bits per heavy atom. The van der Waals surface area contributed by atoms with Crippen LogP contribution in [-0.2, 0) is 6.54 Å². The fourth-order valence-electron chi connectivity index (χ4n) is 3.83. The van der Waals surface area contributed by atoms with Gasteiger partial charge in [0.25, 0.3) is 0 Å². The highest BCUT2D eigenvalue weighted by Crippen LogP contribution is 2.30. The second kappa shape index (κ2) is 8.53. The largest absolute Gasteiger partial charge is 0.491 e. The Labute approximate surface area is 167 Å². The van der Waals surface area contributed by atoms with Crippen LogP contribution in [0.3, 0.4) is 0 Å². The Bertz CT molecular complexity index is 893. The molecule has 3 heterocycles. The monoisotopic (exact) mass is 373 g/mol. The molecule has 144 valence electrons. The molecule has 1 aliphatic heterocycles. The van der Waals surface area contributed by atoms with Gasteiger partial charge in [-0.15, -0.1) is 0 Å². The van der Waals surface area contributed by atoms with Crippen molar-refractivity contribution in [1.82, 2.24) is 14.9 Å². The molecule has 1 aromatic carbocycles. The average molecular weight is 374 g/mol. The smallest absolute Gasteiger partial charge is 0.119 e. The number of hydrogen-bond acceptors (Lipinski definition) is 4.